The molecule has 0 bridgehead atoms. The summed E-state index contributed by atoms with van der Waals surface area (Å²) in [7, 11) is 0. The maximum Gasteiger partial charge on any atom is 0.183 e. The van der Waals surface area contributed by atoms with Gasteiger partial charge in [0.1, 0.15) is 23.5 Å². The number of aromatic nitrogens is 5. The Morgan fingerprint density at radius 2 is 2.00 bits per heavy atom. The van der Waals surface area contributed by atoms with Crippen molar-refractivity contribution in [3.05, 3.63) is 66.1 Å². The molecular formula is C23H24F2N6O2. The molecule has 4 rings (SSSR count). The van der Waals surface area contributed by atoms with Gasteiger partial charge in [-0.1, -0.05) is 43.1 Å². The van der Waals surface area contributed by atoms with E-state index in [1.807, 2.05) is 6.92 Å². The molecule has 1 atom stereocenters. The van der Waals surface area contributed by atoms with Crippen LogP contribution in [-0.2, 0) is 6.54 Å². The molecule has 0 spiro atoms. The fraction of sp³-hybridized carbons (Fsp3) is 0.304. The molecule has 3 aromatic heterocycles. The minimum absolute atomic E-state index is 0.0122. The molecule has 0 amide bonds. The third kappa shape index (κ3) is 5.23. The predicted octanol–water partition coefficient (Wildman–Crippen LogP) is 4.28. The zero-order valence-corrected chi connectivity index (χ0v) is 18.1. The number of nitrogens with zero attached hydrogens (tertiary/aromatic N) is 5. The highest BCUT2D eigenvalue weighted by Gasteiger charge is 2.19. The predicted molar refractivity (Wildman–Crippen MR) is 118 cm³/mol. The molecule has 10 heteroatoms. The standard InChI is InChI=1S/C23H24F2N6O2/c1-2-3-7-16(14-32)27-22-18(25)12-26-23(28-22)20-11-21(19-9-10-33-30-19)31(29-20)13-15-6-4-5-8-17(15)24/h4-6,8-12,16,32H,2-3,7,13-14H2,1H3,(H,26,27,28)/t16-/m1/s1. The summed E-state index contributed by atoms with van der Waals surface area (Å²) in [6, 6.07) is 9.44. The summed E-state index contributed by atoms with van der Waals surface area (Å²) in [5.41, 5.74) is 1.88. The Balaban J connectivity index is 1.68. The van der Waals surface area contributed by atoms with Gasteiger partial charge in [-0.2, -0.15) is 5.10 Å². The largest absolute Gasteiger partial charge is 0.394 e. The molecule has 0 aliphatic carbocycles. The van der Waals surface area contributed by atoms with E-state index in [4.69, 9.17) is 4.52 Å². The van der Waals surface area contributed by atoms with E-state index in [0.717, 1.165) is 19.0 Å². The first-order valence-corrected chi connectivity index (χ1v) is 10.7. The molecular weight excluding hydrogens is 430 g/mol. The van der Waals surface area contributed by atoms with Gasteiger partial charge in [-0.25, -0.2) is 18.7 Å². The van der Waals surface area contributed by atoms with Crippen LogP contribution in [0.25, 0.3) is 22.9 Å². The van der Waals surface area contributed by atoms with Crippen LogP contribution in [0, 0.1) is 11.6 Å². The SMILES string of the molecule is CCCC[C@H](CO)Nc1nc(-c2cc(-c3ccon3)n(Cc3ccccc3F)n2)ncc1F. The van der Waals surface area contributed by atoms with Crippen molar-refractivity contribution < 1.29 is 18.4 Å². The van der Waals surface area contributed by atoms with Crippen LogP contribution in [0.15, 0.2) is 53.4 Å². The van der Waals surface area contributed by atoms with E-state index in [1.54, 1.807) is 35.0 Å². The number of benzene rings is 1. The molecule has 0 fully saturated rings. The van der Waals surface area contributed by atoms with Crippen molar-refractivity contribution in [3.8, 4) is 22.9 Å². The zero-order valence-electron chi connectivity index (χ0n) is 18.1. The monoisotopic (exact) mass is 454 g/mol. The number of rotatable bonds is 10. The number of nitrogens with one attached hydrogen (secondary N) is 1. The van der Waals surface area contributed by atoms with Gasteiger partial charge in [0.15, 0.2) is 17.5 Å². The van der Waals surface area contributed by atoms with E-state index in [1.165, 1.54) is 12.3 Å². The highest BCUT2D eigenvalue weighted by molar-refractivity contribution is 5.63. The van der Waals surface area contributed by atoms with Gasteiger partial charge in [0.25, 0.3) is 0 Å². The van der Waals surface area contributed by atoms with E-state index in [-0.39, 0.29) is 36.7 Å². The van der Waals surface area contributed by atoms with Crippen molar-refractivity contribution in [1.82, 2.24) is 24.9 Å². The molecule has 0 unspecified atom stereocenters. The summed E-state index contributed by atoms with van der Waals surface area (Å²) in [4.78, 5) is 8.38. The summed E-state index contributed by atoms with van der Waals surface area (Å²) in [5.74, 6) is -0.812. The average molecular weight is 454 g/mol. The molecule has 33 heavy (non-hydrogen) atoms. The maximum atomic E-state index is 14.4. The molecule has 172 valence electrons. The van der Waals surface area contributed by atoms with Crippen molar-refractivity contribution in [2.75, 3.05) is 11.9 Å². The normalized spacial score (nSPS) is 12.1. The van der Waals surface area contributed by atoms with Crippen molar-refractivity contribution >= 4 is 5.82 Å². The first-order chi connectivity index (χ1) is 16.1. The number of hydrogen-bond acceptors (Lipinski definition) is 7. The van der Waals surface area contributed by atoms with E-state index in [9.17, 15) is 13.9 Å². The number of hydrogen-bond donors (Lipinski definition) is 2. The Kier molecular flexibility index (Phi) is 7.04. The van der Waals surface area contributed by atoms with Crippen LogP contribution in [0.4, 0.5) is 14.6 Å². The number of unbranched alkanes of at least 4 members (excludes halogenated alkanes) is 1. The fourth-order valence-corrected chi connectivity index (χ4v) is 3.43. The summed E-state index contributed by atoms with van der Waals surface area (Å²) in [5, 5.41) is 21.1. The van der Waals surface area contributed by atoms with Crippen LogP contribution >= 0.6 is 0 Å². The molecule has 0 aliphatic heterocycles. The molecule has 2 N–H and O–H groups in total. The van der Waals surface area contributed by atoms with E-state index >= 15 is 0 Å². The van der Waals surface area contributed by atoms with Gasteiger partial charge >= 0.3 is 0 Å². The summed E-state index contributed by atoms with van der Waals surface area (Å²) < 4.78 is 35.2. The van der Waals surface area contributed by atoms with E-state index in [2.05, 4.69) is 25.5 Å². The van der Waals surface area contributed by atoms with Gasteiger partial charge in [-0.3, -0.25) is 4.68 Å². The molecule has 3 heterocycles. The topological polar surface area (TPSA) is 102 Å². The third-order valence-electron chi connectivity index (χ3n) is 5.20. The van der Waals surface area contributed by atoms with Crippen molar-refractivity contribution in [3.63, 3.8) is 0 Å². The second-order valence-corrected chi connectivity index (χ2v) is 7.60. The number of halogens is 2. The molecule has 0 radical (unpaired) electrons. The molecule has 0 saturated carbocycles. The van der Waals surface area contributed by atoms with Crippen LogP contribution < -0.4 is 5.32 Å². The summed E-state index contributed by atoms with van der Waals surface area (Å²) >= 11 is 0. The lowest BCUT2D eigenvalue weighted by molar-refractivity contribution is 0.266. The Hall–Kier alpha value is -3.66. The van der Waals surface area contributed by atoms with Crippen molar-refractivity contribution in [2.45, 2.75) is 38.8 Å². The Labute approximate surface area is 189 Å². The Morgan fingerprint density at radius 1 is 1.15 bits per heavy atom. The quantitative estimate of drug-likeness (QED) is 0.369. The number of aliphatic hydroxyl groups is 1. The molecule has 0 saturated heterocycles. The Bertz CT molecular complexity index is 1200. The minimum atomic E-state index is -0.629. The second kappa shape index (κ2) is 10.3. The highest BCUT2D eigenvalue weighted by atomic mass is 19.1. The Morgan fingerprint density at radius 3 is 2.73 bits per heavy atom. The lowest BCUT2D eigenvalue weighted by Gasteiger charge is -2.17. The summed E-state index contributed by atoms with van der Waals surface area (Å²) in [6.45, 7) is 2.04. The van der Waals surface area contributed by atoms with Gasteiger partial charge in [0.2, 0.25) is 0 Å². The summed E-state index contributed by atoms with van der Waals surface area (Å²) in [6.07, 6.45) is 5.01. The zero-order chi connectivity index (χ0) is 23.2. The van der Waals surface area contributed by atoms with Crippen LogP contribution in [0.3, 0.4) is 0 Å². The number of aliphatic hydroxyl groups excluding tert-OH is 1. The molecule has 4 aromatic rings. The molecule has 0 aliphatic rings. The number of anilines is 1. The maximum absolute atomic E-state index is 14.4. The van der Waals surface area contributed by atoms with Gasteiger partial charge in [0, 0.05) is 11.6 Å². The van der Waals surface area contributed by atoms with Gasteiger partial charge in [-0.15, -0.1) is 0 Å². The van der Waals surface area contributed by atoms with Crippen LogP contribution in [0.2, 0.25) is 0 Å². The van der Waals surface area contributed by atoms with Gasteiger partial charge in [-0.05, 0) is 18.6 Å². The lowest BCUT2D eigenvalue weighted by Crippen LogP contribution is -2.25. The first kappa shape index (κ1) is 22.5. The third-order valence-corrected chi connectivity index (χ3v) is 5.20. The average Bonchev–Trinajstić information content (AvgIpc) is 3.49. The molecule has 1 aromatic carbocycles. The van der Waals surface area contributed by atoms with Crippen molar-refractivity contribution in [1.29, 1.82) is 0 Å². The lowest BCUT2D eigenvalue weighted by atomic mass is 10.1. The second-order valence-electron chi connectivity index (χ2n) is 7.60. The first-order valence-electron chi connectivity index (χ1n) is 10.7. The van der Waals surface area contributed by atoms with Crippen molar-refractivity contribution in [2.24, 2.45) is 0 Å². The minimum Gasteiger partial charge on any atom is -0.394 e. The smallest absolute Gasteiger partial charge is 0.183 e. The van der Waals surface area contributed by atoms with Crippen LogP contribution in [0.1, 0.15) is 31.7 Å². The van der Waals surface area contributed by atoms with Crippen LogP contribution in [-0.4, -0.2) is 42.7 Å². The van der Waals surface area contributed by atoms with Gasteiger partial charge < -0.3 is 14.9 Å². The van der Waals surface area contributed by atoms with Crippen LogP contribution in [0.5, 0.6) is 0 Å². The van der Waals surface area contributed by atoms with Gasteiger partial charge in [0.05, 0.1) is 31.1 Å². The van der Waals surface area contributed by atoms with E-state index in [0.29, 0.717) is 29.1 Å². The molecule has 8 nitrogen and oxygen atoms in total. The fourth-order valence-electron chi connectivity index (χ4n) is 3.43. The van der Waals surface area contributed by atoms with E-state index < -0.39 is 5.82 Å². The highest BCUT2D eigenvalue weighted by Crippen LogP contribution is 2.26.